The quantitative estimate of drug-likeness (QED) is 0.822. The Balaban J connectivity index is 2.58. The Morgan fingerprint density at radius 3 is 2.44 bits per heavy atom. The molecule has 0 aliphatic heterocycles. The molecule has 0 fully saturated rings. The lowest BCUT2D eigenvalue weighted by atomic mass is 10.2. The van der Waals surface area contributed by atoms with Crippen molar-refractivity contribution in [3.05, 3.63) is 29.8 Å². The van der Waals surface area contributed by atoms with Crippen molar-refractivity contribution in [1.82, 2.24) is 4.98 Å². The highest BCUT2D eigenvalue weighted by Gasteiger charge is 2.18. The Bertz CT molecular complexity index is 505. The van der Waals surface area contributed by atoms with Gasteiger partial charge in [0.1, 0.15) is 17.2 Å². The van der Waals surface area contributed by atoms with E-state index in [-0.39, 0.29) is 23.2 Å². The number of anilines is 2. The number of hydrogen-bond donors (Lipinski definition) is 2. The number of halogens is 2. The second kappa shape index (κ2) is 3.80. The Hall–Kier alpha value is -2.11. The van der Waals surface area contributed by atoms with Crippen molar-refractivity contribution in [2.45, 2.75) is 0 Å². The van der Waals surface area contributed by atoms with Crippen LogP contribution in [-0.2, 0) is 0 Å². The van der Waals surface area contributed by atoms with E-state index in [9.17, 15) is 8.78 Å². The van der Waals surface area contributed by atoms with Gasteiger partial charge in [0.05, 0.1) is 0 Å². The minimum atomic E-state index is -0.746. The van der Waals surface area contributed by atoms with Gasteiger partial charge in [0.2, 0.25) is 11.8 Å². The minimum absolute atomic E-state index is 0.0137. The summed E-state index contributed by atoms with van der Waals surface area (Å²) < 4.78 is 31.7. The summed E-state index contributed by atoms with van der Waals surface area (Å²) in [5.41, 5.74) is 5.13. The number of nitrogens with two attached hydrogens (primary N) is 1. The third kappa shape index (κ3) is 1.58. The van der Waals surface area contributed by atoms with Gasteiger partial charge in [-0.15, -0.1) is 0 Å². The number of rotatable bonds is 2. The fourth-order valence-electron chi connectivity index (χ4n) is 1.32. The van der Waals surface area contributed by atoms with Crippen molar-refractivity contribution in [3.8, 4) is 11.5 Å². The number of benzene rings is 1. The van der Waals surface area contributed by atoms with Crippen molar-refractivity contribution in [1.29, 1.82) is 0 Å². The third-order valence-corrected chi connectivity index (χ3v) is 2.07. The lowest BCUT2D eigenvalue weighted by Gasteiger charge is -1.98. The van der Waals surface area contributed by atoms with Crippen LogP contribution in [0.15, 0.2) is 22.6 Å². The van der Waals surface area contributed by atoms with Crippen LogP contribution >= 0.6 is 0 Å². The Labute approximate surface area is 90.1 Å². The maximum atomic E-state index is 13.4. The van der Waals surface area contributed by atoms with Gasteiger partial charge >= 0.3 is 0 Å². The average Bonchev–Trinajstić information content (AvgIpc) is 2.59. The maximum absolute atomic E-state index is 13.4. The van der Waals surface area contributed by atoms with Gasteiger partial charge in [-0.1, -0.05) is 6.07 Å². The predicted molar refractivity (Wildman–Crippen MR) is 55.8 cm³/mol. The van der Waals surface area contributed by atoms with E-state index < -0.39 is 11.6 Å². The average molecular weight is 225 g/mol. The van der Waals surface area contributed by atoms with Crippen molar-refractivity contribution < 1.29 is 13.2 Å². The predicted octanol–water partition coefficient (Wildman–Crippen LogP) is 2.24. The number of nitrogen functional groups attached to an aromatic ring is 1. The molecule has 6 heteroatoms. The lowest BCUT2D eigenvalue weighted by Crippen LogP contribution is -1.93. The summed E-state index contributed by atoms with van der Waals surface area (Å²) in [6.07, 6.45) is 0. The summed E-state index contributed by atoms with van der Waals surface area (Å²) in [5, 5.41) is 2.65. The van der Waals surface area contributed by atoms with Crippen LogP contribution in [0.25, 0.3) is 11.5 Å². The molecule has 3 N–H and O–H groups in total. The molecule has 1 aromatic heterocycles. The van der Waals surface area contributed by atoms with E-state index in [1.165, 1.54) is 6.07 Å². The van der Waals surface area contributed by atoms with Gasteiger partial charge in [-0.05, 0) is 12.1 Å². The van der Waals surface area contributed by atoms with E-state index in [1.807, 2.05) is 0 Å². The van der Waals surface area contributed by atoms with Crippen molar-refractivity contribution in [2.75, 3.05) is 18.1 Å². The molecule has 0 amide bonds. The molecule has 0 aliphatic carbocycles. The normalized spacial score (nSPS) is 10.4. The Kier molecular flexibility index (Phi) is 2.47. The van der Waals surface area contributed by atoms with Gasteiger partial charge in [0, 0.05) is 7.05 Å². The molecule has 4 nitrogen and oxygen atoms in total. The molecule has 16 heavy (non-hydrogen) atoms. The van der Waals surface area contributed by atoms with Gasteiger partial charge in [0.15, 0.2) is 5.82 Å². The van der Waals surface area contributed by atoms with Crippen LogP contribution in [-0.4, -0.2) is 12.0 Å². The molecule has 0 atom stereocenters. The molecule has 0 bridgehead atoms. The van der Waals surface area contributed by atoms with Crippen LogP contribution in [0.5, 0.6) is 0 Å². The van der Waals surface area contributed by atoms with E-state index in [0.717, 1.165) is 12.1 Å². The van der Waals surface area contributed by atoms with Gasteiger partial charge in [-0.25, -0.2) is 8.78 Å². The molecule has 1 heterocycles. The second-order valence-electron chi connectivity index (χ2n) is 3.08. The highest BCUT2D eigenvalue weighted by molar-refractivity contribution is 5.63. The molecule has 1 aromatic carbocycles. The van der Waals surface area contributed by atoms with Crippen LogP contribution < -0.4 is 11.1 Å². The zero-order valence-electron chi connectivity index (χ0n) is 8.42. The molecule has 0 unspecified atom stereocenters. The second-order valence-corrected chi connectivity index (χ2v) is 3.08. The summed E-state index contributed by atoms with van der Waals surface area (Å²) in [6, 6.07) is 3.51. The maximum Gasteiger partial charge on any atom is 0.236 e. The molecule has 0 saturated heterocycles. The van der Waals surface area contributed by atoms with E-state index >= 15 is 0 Å². The summed E-state index contributed by atoms with van der Waals surface area (Å²) in [7, 11) is 1.58. The topological polar surface area (TPSA) is 64.1 Å². The zero-order chi connectivity index (χ0) is 11.7. The molecule has 0 spiro atoms. The number of nitrogens with one attached hydrogen (secondary N) is 1. The monoisotopic (exact) mass is 225 g/mol. The largest absolute Gasteiger partial charge is 0.418 e. The van der Waals surface area contributed by atoms with Gasteiger partial charge < -0.3 is 15.5 Å². The fourth-order valence-corrected chi connectivity index (χ4v) is 1.32. The Morgan fingerprint density at radius 2 is 1.94 bits per heavy atom. The smallest absolute Gasteiger partial charge is 0.236 e. The van der Waals surface area contributed by atoms with Crippen molar-refractivity contribution >= 4 is 11.7 Å². The van der Waals surface area contributed by atoms with Gasteiger partial charge in [-0.2, -0.15) is 4.98 Å². The number of aromatic nitrogens is 1. The molecule has 2 aromatic rings. The van der Waals surface area contributed by atoms with Gasteiger partial charge in [-0.3, -0.25) is 0 Å². The zero-order valence-corrected chi connectivity index (χ0v) is 8.42. The first-order chi connectivity index (χ1) is 7.63. The standard InChI is InChI=1S/C10H9F2N3O/c1-14-9-8(13)16-10(15-9)7-5(11)3-2-4-6(7)12/h2-4,14H,13H2,1H3. The van der Waals surface area contributed by atoms with E-state index in [0.29, 0.717) is 0 Å². The summed E-state index contributed by atoms with van der Waals surface area (Å²) >= 11 is 0. The molecule has 0 saturated carbocycles. The van der Waals surface area contributed by atoms with E-state index in [1.54, 1.807) is 7.05 Å². The van der Waals surface area contributed by atoms with Crippen LogP contribution in [0, 0.1) is 11.6 Å². The number of hydrogen-bond acceptors (Lipinski definition) is 4. The molecule has 2 rings (SSSR count). The van der Waals surface area contributed by atoms with Crippen LogP contribution in [0.2, 0.25) is 0 Å². The van der Waals surface area contributed by atoms with Crippen LogP contribution in [0.4, 0.5) is 20.5 Å². The highest BCUT2D eigenvalue weighted by atomic mass is 19.1. The lowest BCUT2D eigenvalue weighted by molar-refractivity contribution is 0.551. The minimum Gasteiger partial charge on any atom is -0.418 e. The first kappa shape index (κ1) is 10.4. The van der Waals surface area contributed by atoms with Crippen molar-refractivity contribution in [3.63, 3.8) is 0 Å². The summed E-state index contributed by atoms with van der Waals surface area (Å²) in [5.74, 6) is -1.44. The number of nitrogens with zero attached hydrogens (tertiary/aromatic N) is 1. The molecule has 0 radical (unpaired) electrons. The highest BCUT2D eigenvalue weighted by Crippen LogP contribution is 2.30. The molecule has 0 aliphatic rings. The fraction of sp³-hybridized carbons (Fsp3) is 0.100. The molecular weight excluding hydrogens is 216 g/mol. The van der Waals surface area contributed by atoms with Gasteiger partial charge in [0.25, 0.3) is 0 Å². The number of oxazole rings is 1. The third-order valence-electron chi connectivity index (χ3n) is 2.07. The molecule has 84 valence electrons. The van der Waals surface area contributed by atoms with Crippen LogP contribution in [0.1, 0.15) is 0 Å². The first-order valence-corrected chi connectivity index (χ1v) is 4.52. The Morgan fingerprint density at radius 1 is 1.31 bits per heavy atom. The summed E-state index contributed by atoms with van der Waals surface area (Å²) in [6.45, 7) is 0. The summed E-state index contributed by atoms with van der Waals surface area (Å²) in [4.78, 5) is 3.84. The SMILES string of the molecule is CNc1nc(-c2c(F)cccc2F)oc1N. The van der Waals surface area contributed by atoms with Crippen molar-refractivity contribution in [2.24, 2.45) is 0 Å². The van der Waals surface area contributed by atoms with Crippen LogP contribution in [0.3, 0.4) is 0 Å². The van der Waals surface area contributed by atoms with E-state index in [4.69, 9.17) is 10.2 Å². The van der Waals surface area contributed by atoms with E-state index in [2.05, 4.69) is 10.3 Å². The molecular formula is C10H9F2N3O. The first-order valence-electron chi connectivity index (χ1n) is 4.52.